The second-order valence-corrected chi connectivity index (χ2v) is 2.91. The Morgan fingerprint density at radius 1 is 1.31 bits per heavy atom. The maximum absolute atomic E-state index is 4.29. The Kier molecular flexibility index (Phi) is 3.93. The van der Waals surface area contributed by atoms with E-state index in [1.54, 1.807) is 0 Å². The van der Waals surface area contributed by atoms with Crippen LogP contribution in [0.15, 0.2) is 30.5 Å². The summed E-state index contributed by atoms with van der Waals surface area (Å²) in [4.78, 5) is 4.29. The molecule has 0 spiro atoms. The summed E-state index contributed by atoms with van der Waals surface area (Å²) in [6, 6.07) is 6.02. The van der Waals surface area contributed by atoms with Crippen LogP contribution in [0.1, 0.15) is 12.1 Å². The van der Waals surface area contributed by atoms with Crippen LogP contribution in [-0.4, -0.2) is 18.1 Å². The predicted octanol–water partition coefficient (Wildman–Crippen LogP) is 1.88. The fourth-order valence-electron chi connectivity index (χ4n) is 1.39. The summed E-state index contributed by atoms with van der Waals surface area (Å²) < 4.78 is 0. The lowest BCUT2D eigenvalue weighted by molar-refractivity contribution is 0.737. The Bertz CT molecular complexity index is 282. The third-order valence-corrected chi connectivity index (χ3v) is 2.02. The molecule has 1 N–H and O–H groups in total. The van der Waals surface area contributed by atoms with E-state index >= 15 is 0 Å². The van der Waals surface area contributed by atoms with Crippen molar-refractivity contribution in [2.45, 2.75) is 6.42 Å². The van der Waals surface area contributed by atoms with Crippen molar-refractivity contribution in [3.05, 3.63) is 36.2 Å². The topological polar surface area (TPSA) is 24.9 Å². The molecule has 0 amide bonds. The Morgan fingerprint density at radius 2 is 2.23 bits per heavy atom. The van der Waals surface area contributed by atoms with Crippen molar-refractivity contribution in [1.29, 1.82) is 0 Å². The van der Waals surface area contributed by atoms with Gasteiger partial charge in [-0.15, -0.1) is 12.4 Å². The average Bonchev–Trinajstić information content (AvgIpc) is 2.21. The third-order valence-electron chi connectivity index (χ3n) is 2.02. The molecule has 0 aromatic carbocycles. The van der Waals surface area contributed by atoms with Crippen molar-refractivity contribution in [2.24, 2.45) is 0 Å². The van der Waals surface area contributed by atoms with Gasteiger partial charge in [0, 0.05) is 12.7 Å². The zero-order chi connectivity index (χ0) is 8.23. The van der Waals surface area contributed by atoms with Gasteiger partial charge in [0.15, 0.2) is 0 Å². The maximum Gasteiger partial charge on any atom is 0.0671 e. The minimum absolute atomic E-state index is 0. The van der Waals surface area contributed by atoms with Crippen molar-refractivity contribution in [1.82, 2.24) is 10.3 Å². The van der Waals surface area contributed by atoms with Crippen molar-refractivity contribution < 1.29 is 0 Å². The lowest BCUT2D eigenvalue weighted by atomic mass is 10.1. The van der Waals surface area contributed by atoms with Crippen LogP contribution in [0, 0.1) is 0 Å². The smallest absolute Gasteiger partial charge is 0.0671 e. The van der Waals surface area contributed by atoms with E-state index in [2.05, 4.69) is 22.4 Å². The van der Waals surface area contributed by atoms with E-state index in [1.165, 1.54) is 5.57 Å². The number of rotatable bonds is 1. The molecular formula is C10H13ClN2. The molecule has 3 heteroatoms. The van der Waals surface area contributed by atoms with Crippen LogP contribution < -0.4 is 5.32 Å². The van der Waals surface area contributed by atoms with Gasteiger partial charge in [0.2, 0.25) is 0 Å². The number of nitrogens with one attached hydrogen (secondary N) is 1. The van der Waals surface area contributed by atoms with Gasteiger partial charge >= 0.3 is 0 Å². The summed E-state index contributed by atoms with van der Waals surface area (Å²) in [5.74, 6) is 0. The minimum atomic E-state index is 0. The zero-order valence-corrected chi connectivity index (χ0v) is 8.18. The summed E-state index contributed by atoms with van der Waals surface area (Å²) >= 11 is 0. The van der Waals surface area contributed by atoms with E-state index in [0.717, 1.165) is 25.2 Å². The van der Waals surface area contributed by atoms with E-state index in [-0.39, 0.29) is 12.4 Å². The molecule has 0 radical (unpaired) electrons. The Morgan fingerprint density at radius 3 is 2.85 bits per heavy atom. The van der Waals surface area contributed by atoms with Crippen LogP contribution in [0.3, 0.4) is 0 Å². The third kappa shape index (κ3) is 2.54. The molecule has 0 saturated carbocycles. The molecule has 0 unspecified atom stereocenters. The lowest BCUT2D eigenvalue weighted by Crippen LogP contribution is -2.21. The summed E-state index contributed by atoms with van der Waals surface area (Å²) in [6.45, 7) is 2.05. The molecule has 1 aromatic heterocycles. The molecule has 0 bridgehead atoms. The predicted molar refractivity (Wildman–Crippen MR) is 56.9 cm³/mol. The molecule has 2 heterocycles. The van der Waals surface area contributed by atoms with Crippen LogP contribution in [0.2, 0.25) is 0 Å². The fraction of sp³-hybridized carbons (Fsp3) is 0.300. The van der Waals surface area contributed by atoms with Crippen molar-refractivity contribution in [3.63, 3.8) is 0 Å². The molecule has 70 valence electrons. The Balaban J connectivity index is 0.000000845. The summed E-state index contributed by atoms with van der Waals surface area (Å²) in [5, 5.41) is 3.33. The van der Waals surface area contributed by atoms with Gasteiger partial charge < -0.3 is 5.32 Å². The molecule has 0 saturated heterocycles. The number of aromatic nitrogens is 1. The largest absolute Gasteiger partial charge is 0.312 e. The monoisotopic (exact) mass is 196 g/mol. The second kappa shape index (κ2) is 5.00. The number of pyridine rings is 1. The molecule has 13 heavy (non-hydrogen) atoms. The molecule has 2 nitrogen and oxygen atoms in total. The van der Waals surface area contributed by atoms with Crippen LogP contribution in [0.5, 0.6) is 0 Å². The summed E-state index contributed by atoms with van der Waals surface area (Å²) in [7, 11) is 0. The fourth-order valence-corrected chi connectivity index (χ4v) is 1.39. The highest BCUT2D eigenvalue weighted by atomic mass is 35.5. The van der Waals surface area contributed by atoms with E-state index in [9.17, 15) is 0 Å². The average molecular weight is 197 g/mol. The molecule has 1 aromatic rings. The van der Waals surface area contributed by atoms with Gasteiger partial charge in [-0.1, -0.05) is 12.1 Å². The summed E-state index contributed by atoms with van der Waals surface area (Å²) in [5.41, 5.74) is 2.42. The Hall–Kier alpha value is -0.860. The van der Waals surface area contributed by atoms with E-state index in [4.69, 9.17) is 0 Å². The van der Waals surface area contributed by atoms with Crippen molar-refractivity contribution in [3.8, 4) is 0 Å². The van der Waals surface area contributed by atoms with Gasteiger partial charge in [-0.2, -0.15) is 0 Å². The standard InChI is InChI=1S/C10H12N2.ClH/c1-2-7-12-10(5-1)9-4-3-6-11-8-9;/h1-2,4-5,7,11H,3,6,8H2;1H. The molecule has 0 atom stereocenters. The van der Waals surface area contributed by atoms with Gasteiger partial charge in [0.1, 0.15) is 0 Å². The lowest BCUT2D eigenvalue weighted by Gasteiger charge is -2.12. The molecule has 1 aliphatic heterocycles. The van der Waals surface area contributed by atoms with Crippen LogP contribution in [-0.2, 0) is 0 Å². The maximum atomic E-state index is 4.29. The molecule has 2 rings (SSSR count). The first kappa shape index (κ1) is 10.2. The highest BCUT2D eigenvalue weighted by Gasteiger charge is 2.04. The molecular weight excluding hydrogens is 184 g/mol. The number of hydrogen-bond donors (Lipinski definition) is 1. The van der Waals surface area contributed by atoms with Gasteiger partial charge in [-0.25, -0.2) is 0 Å². The highest BCUT2D eigenvalue weighted by molar-refractivity contribution is 5.85. The van der Waals surface area contributed by atoms with Crippen LogP contribution in [0.4, 0.5) is 0 Å². The highest BCUT2D eigenvalue weighted by Crippen LogP contribution is 2.12. The normalized spacial score (nSPS) is 15.8. The van der Waals surface area contributed by atoms with E-state index < -0.39 is 0 Å². The molecule has 1 aliphatic rings. The van der Waals surface area contributed by atoms with Crippen LogP contribution in [0.25, 0.3) is 5.57 Å². The first-order chi connectivity index (χ1) is 5.97. The quantitative estimate of drug-likeness (QED) is 0.742. The van der Waals surface area contributed by atoms with Gasteiger partial charge in [0.05, 0.1) is 5.69 Å². The number of hydrogen-bond acceptors (Lipinski definition) is 2. The Labute approximate surface area is 84.5 Å². The van der Waals surface area contributed by atoms with Gasteiger partial charge in [-0.05, 0) is 30.7 Å². The number of halogens is 1. The first-order valence-electron chi connectivity index (χ1n) is 4.28. The van der Waals surface area contributed by atoms with Gasteiger partial charge in [-0.3, -0.25) is 4.98 Å². The first-order valence-corrected chi connectivity index (χ1v) is 4.28. The zero-order valence-electron chi connectivity index (χ0n) is 7.36. The van der Waals surface area contributed by atoms with Crippen molar-refractivity contribution >= 4 is 18.0 Å². The SMILES string of the molecule is C1=C(c2ccccn2)CNCC1.Cl. The van der Waals surface area contributed by atoms with Gasteiger partial charge in [0.25, 0.3) is 0 Å². The second-order valence-electron chi connectivity index (χ2n) is 2.91. The molecule has 0 aliphatic carbocycles. The van der Waals surface area contributed by atoms with Crippen LogP contribution >= 0.6 is 12.4 Å². The minimum Gasteiger partial charge on any atom is -0.312 e. The number of nitrogens with zero attached hydrogens (tertiary/aromatic N) is 1. The molecule has 0 fully saturated rings. The van der Waals surface area contributed by atoms with Crippen molar-refractivity contribution in [2.75, 3.05) is 13.1 Å². The summed E-state index contributed by atoms with van der Waals surface area (Å²) in [6.07, 6.45) is 5.22. The van der Waals surface area contributed by atoms with E-state index in [0.29, 0.717) is 0 Å². The van der Waals surface area contributed by atoms with E-state index in [1.807, 2.05) is 18.3 Å².